The summed E-state index contributed by atoms with van der Waals surface area (Å²) in [6, 6.07) is 0. The van der Waals surface area contributed by atoms with Gasteiger partial charge in [-0.15, -0.1) is 0 Å². The number of aliphatic carboxylic acids is 1. The lowest BCUT2D eigenvalue weighted by Crippen LogP contribution is -2.52. The normalized spacial score (nSPS) is 39.0. The fraction of sp³-hybridized carbons (Fsp3) is 0.897. The molecule has 0 bridgehead atoms. The average molecular weight is 477 g/mol. The molecule has 0 saturated heterocycles. The number of hydrogen-bond donors (Lipinski definition) is 1. The highest BCUT2D eigenvalue weighted by molar-refractivity contribution is 5.86. The van der Waals surface area contributed by atoms with Crippen molar-refractivity contribution >= 4 is 17.7 Å². The van der Waals surface area contributed by atoms with Gasteiger partial charge in [-0.1, -0.05) is 53.9 Å². The SMILES string of the molecule is CC(=O)O[C@H]1CC[C@](C)(C2CC[C@]3(C)[C@@H]([C@H](C)CCCC(C)C)CC[C@H]3C2CC(=O)O)C(=O)C1. The fourth-order valence-corrected chi connectivity index (χ4v) is 8.46. The van der Waals surface area contributed by atoms with Gasteiger partial charge in [-0.05, 0) is 79.4 Å². The second-order valence-corrected chi connectivity index (χ2v) is 12.8. The summed E-state index contributed by atoms with van der Waals surface area (Å²) in [6.45, 7) is 12.9. The number of Topliss-reactive ketones (excluding diaryl/α,β-unsaturated/α-hetero) is 1. The third-order valence-electron chi connectivity index (χ3n) is 10.2. The van der Waals surface area contributed by atoms with Gasteiger partial charge in [0.25, 0.3) is 0 Å². The summed E-state index contributed by atoms with van der Waals surface area (Å²) in [7, 11) is 0. The first-order valence-electron chi connectivity index (χ1n) is 13.8. The third kappa shape index (κ3) is 5.54. The molecular formula is C29H48O5. The van der Waals surface area contributed by atoms with Gasteiger partial charge < -0.3 is 9.84 Å². The fourth-order valence-electron chi connectivity index (χ4n) is 8.46. The molecule has 0 aromatic carbocycles. The van der Waals surface area contributed by atoms with Crippen molar-refractivity contribution in [3.8, 4) is 0 Å². The molecule has 0 radical (unpaired) electrons. The van der Waals surface area contributed by atoms with Gasteiger partial charge in [-0.2, -0.15) is 0 Å². The van der Waals surface area contributed by atoms with Gasteiger partial charge in [0.05, 0.1) is 0 Å². The number of carboxylic acid groups (broad SMARTS) is 1. The molecule has 0 aromatic heterocycles. The zero-order chi connectivity index (χ0) is 25.3. The van der Waals surface area contributed by atoms with Crippen LogP contribution in [0.2, 0.25) is 0 Å². The van der Waals surface area contributed by atoms with Gasteiger partial charge in [0.1, 0.15) is 11.9 Å². The summed E-state index contributed by atoms with van der Waals surface area (Å²) in [4.78, 5) is 36.8. The smallest absolute Gasteiger partial charge is 0.303 e. The molecule has 3 fully saturated rings. The lowest BCUT2D eigenvalue weighted by molar-refractivity contribution is -0.159. The van der Waals surface area contributed by atoms with Gasteiger partial charge >= 0.3 is 11.9 Å². The van der Waals surface area contributed by atoms with Crippen LogP contribution in [0.1, 0.15) is 112 Å². The Labute approximate surface area is 206 Å². The zero-order valence-corrected chi connectivity index (χ0v) is 22.4. The minimum absolute atomic E-state index is 0.0448. The number of carbonyl (C=O) groups is 3. The molecule has 34 heavy (non-hydrogen) atoms. The molecule has 5 nitrogen and oxygen atoms in total. The number of fused-ring (bicyclic) bond motifs is 1. The van der Waals surface area contributed by atoms with E-state index >= 15 is 0 Å². The lowest BCUT2D eigenvalue weighted by Gasteiger charge is -2.55. The summed E-state index contributed by atoms with van der Waals surface area (Å²) in [5, 5.41) is 9.88. The van der Waals surface area contributed by atoms with Gasteiger partial charge in [0, 0.05) is 25.2 Å². The van der Waals surface area contributed by atoms with Crippen LogP contribution in [0.5, 0.6) is 0 Å². The van der Waals surface area contributed by atoms with E-state index in [-0.39, 0.29) is 47.9 Å². The Bertz CT molecular complexity index is 760. The molecule has 0 amide bonds. The van der Waals surface area contributed by atoms with E-state index < -0.39 is 11.4 Å². The number of hydrogen-bond acceptors (Lipinski definition) is 4. The van der Waals surface area contributed by atoms with E-state index in [1.807, 2.05) is 0 Å². The second kappa shape index (κ2) is 10.7. The van der Waals surface area contributed by atoms with Crippen LogP contribution in [0, 0.1) is 46.3 Å². The number of ether oxygens (including phenoxy) is 1. The maximum atomic E-state index is 13.4. The molecule has 5 heteroatoms. The molecule has 0 aliphatic heterocycles. The molecule has 0 spiro atoms. The van der Waals surface area contributed by atoms with Crippen molar-refractivity contribution in [2.45, 2.75) is 118 Å². The van der Waals surface area contributed by atoms with Crippen LogP contribution in [0.15, 0.2) is 0 Å². The number of carboxylic acids is 1. The molecule has 3 rings (SSSR count). The van der Waals surface area contributed by atoms with Crippen molar-refractivity contribution in [3.63, 3.8) is 0 Å². The Morgan fingerprint density at radius 1 is 1.03 bits per heavy atom. The summed E-state index contributed by atoms with van der Waals surface area (Å²) in [6.07, 6.45) is 9.57. The molecule has 3 aliphatic carbocycles. The molecule has 0 aromatic rings. The lowest BCUT2D eigenvalue weighted by atomic mass is 9.49. The Morgan fingerprint density at radius 3 is 2.32 bits per heavy atom. The van der Waals surface area contributed by atoms with E-state index in [1.54, 1.807) is 0 Å². The molecule has 3 aliphatic rings. The van der Waals surface area contributed by atoms with Crippen molar-refractivity contribution in [3.05, 3.63) is 0 Å². The van der Waals surface area contributed by atoms with Crippen LogP contribution in [-0.2, 0) is 19.1 Å². The van der Waals surface area contributed by atoms with Crippen LogP contribution in [0.25, 0.3) is 0 Å². The Morgan fingerprint density at radius 2 is 1.74 bits per heavy atom. The first kappa shape index (κ1) is 27.2. The summed E-state index contributed by atoms with van der Waals surface area (Å²) < 4.78 is 5.35. The average Bonchev–Trinajstić information content (AvgIpc) is 3.07. The van der Waals surface area contributed by atoms with Crippen molar-refractivity contribution < 1.29 is 24.2 Å². The first-order chi connectivity index (χ1) is 15.9. The number of esters is 1. The van der Waals surface area contributed by atoms with Gasteiger partial charge in [-0.3, -0.25) is 14.4 Å². The Kier molecular flexibility index (Phi) is 8.56. The molecule has 1 N–H and O–H groups in total. The van der Waals surface area contributed by atoms with Crippen molar-refractivity contribution in [2.24, 2.45) is 46.3 Å². The van der Waals surface area contributed by atoms with E-state index in [0.29, 0.717) is 30.6 Å². The number of carbonyl (C=O) groups excluding carboxylic acids is 2. The standard InChI is InChI=1S/C29H48O5/c1-18(2)8-7-9-19(3)23-10-11-24-22(17-27(32)33)25(13-15-28(23,24)5)29(6)14-12-21(16-26(29)31)34-20(4)30/h18-19,21-25H,7-17H2,1-6H3,(H,32,33)/t19-,21+,22?,23-,24+,25?,28-,29-/m1/s1. The quantitative estimate of drug-likeness (QED) is 0.376. The van der Waals surface area contributed by atoms with Gasteiger partial charge in [0.2, 0.25) is 0 Å². The first-order valence-corrected chi connectivity index (χ1v) is 13.8. The van der Waals surface area contributed by atoms with E-state index in [4.69, 9.17) is 4.74 Å². The maximum absolute atomic E-state index is 13.4. The van der Waals surface area contributed by atoms with Crippen LogP contribution < -0.4 is 0 Å². The second-order valence-electron chi connectivity index (χ2n) is 12.8. The molecule has 3 saturated carbocycles. The predicted molar refractivity (Wildman–Crippen MR) is 133 cm³/mol. The van der Waals surface area contributed by atoms with Crippen molar-refractivity contribution in [2.75, 3.05) is 0 Å². The largest absolute Gasteiger partial charge is 0.481 e. The zero-order valence-electron chi connectivity index (χ0n) is 22.4. The number of ketones is 1. The van der Waals surface area contributed by atoms with Crippen LogP contribution in [0.3, 0.4) is 0 Å². The Hall–Kier alpha value is -1.39. The van der Waals surface area contributed by atoms with Crippen LogP contribution >= 0.6 is 0 Å². The van der Waals surface area contributed by atoms with Crippen LogP contribution in [-0.4, -0.2) is 28.9 Å². The third-order valence-corrected chi connectivity index (χ3v) is 10.2. The van der Waals surface area contributed by atoms with Crippen molar-refractivity contribution in [1.82, 2.24) is 0 Å². The predicted octanol–water partition coefficient (Wildman–Crippen LogP) is 6.67. The van der Waals surface area contributed by atoms with Crippen LogP contribution in [0.4, 0.5) is 0 Å². The minimum Gasteiger partial charge on any atom is -0.481 e. The van der Waals surface area contributed by atoms with Gasteiger partial charge in [-0.25, -0.2) is 0 Å². The highest BCUT2D eigenvalue weighted by Crippen LogP contribution is 2.65. The minimum atomic E-state index is -0.739. The molecular weight excluding hydrogens is 428 g/mol. The van der Waals surface area contributed by atoms with Gasteiger partial charge in [0.15, 0.2) is 0 Å². The summed E-state index contributed by atoms with van der Waals surface area (Å²) in [5.41, 5.74) is -0.346. The molecule has 0 heterocycles. The number of rotatable bonds is 9. The van der Waals surface area contributed by atoms with E-state index in [2.05, 4.69) is 34.6 Å². The molecule has 194 valence electrons. The monoisotopic (exact) mass is 476 g/mol. The highest BCUT2D eigenvalue weighted by Gasteiger charge is 2.59. The topological polar surface area (TPSA) is 80.7 Å². The molecule has 2 unspecified atom stereocenters. The maximum Gasteiger partial charge on any atom is 0.303 e. The summed E-state index contributed by atoms with van der Waals surface area (Å²) in [5.74, 6) is 1.64. The van der Waals surface area contributed by atoms with Crippen molar-refractivity contribution in [1.29, 1.82) is 0 Å². The molecule has 8 atom stereocenters. The van der Waals surface area contributed by atoms with E-state index in [0.717, 1.165) is 25.2 Å². The van der Waals surface area contributed by atoms with E-state index in [9.17, 15) is 19.5 Å². The highest BCUT2D eigenvalue weighted by atomic mass is 16.5. The van der Waals surface area contributed by atoms with E-state index in [1.165, 1.54) is 32.6 Å². The summed E-state index contributed by atoms with van der Waals surface area (Å²) >= 11 is 0. The Balaban J connectivity index is 1.78.